The molecule has 0 radical (unpaired) electrons. The van der Waals surface area contributed by atoms with E-state index in [1.165, 1.54) is 24.3 Å². The van der Waals surface area contributed by atoms with Crippen LogP contribution in [0.2, 0.25) is 0 Å². The van der Waals surface area contributed by atoms with Gasteiger partial charge in [0.05, 0.1) is 10.8 Å². The Kier molecular flexibility index (Phi) is 3.40. The number of rotatable bonds is 4. The molecule has 7 heteroatoms. The van der Waals surface area contributed by atoms with Crippen LogP contribution in [-0.2, 0) is 4.79 Å². The maximum Gasteiger partial charge on any atom is 0.309 e. The zero-order chi connectivity index (χ0) is 15.9. The lowest BCUT2D eigenvalue weighted by atomic mass is 9.89. The van der Waals surface area contributed by atoms with E-state index in [4.69, 9.17) is 0 Å². The van der Waals surface area contributed by atoms with Gasteiger partial charge in [-0.1, -0.05) is 12.2 Å². The van der Waals surface area contributed by atoms with Gasteiger partial charge >= 0.3 is 5.97 Å². The molecule has 0 heterocycles. The van der Waals surface area contributed by atoms with Crippen LogP contribution in [0.1, 0.15) is 16.8 Å². The van der Waals surface area contributed by atoms with Gasteiger partial charge in [-0.05, 0) is 30.4 Å². The van der Waals surface area contributed by atoms with Crippen molar-refractivity contribution in [2.45, 2.75) is 12.5 Å². The summed E-state index contributed by atoms with van der Waals surface area (Å²) in [6.45, 7) is 0. The minimum Gasteiger partial charge on any atom is -0.481 e. The topological polar surface area (TPSA) is 110 Å². The average Bonchev–Trinajstić information content (AvgIpc) is 3.08. The van der Waals surface area contributed by atoms with Crippen molar-refractivity contribution in [2.24, 2.45) is 17.8 Å². The van der Waals surface area contributed by atoms with E-state index < -0.39 is 28.8 Å². The van der Waals surface area contributed by atoms with Gasteiger partial charge in [0, 0.05) is 23.7 Å². The number of nitro benzene ring substituents is 1. The van der Waals surface area contributed by atoms with E-state index in [0.717, 1.165) is 6.42 Å². The van der Waals surface area contributed by atoms with Crippen LogP contribution in [0.25, 0.3) is 0 Å². The summed E-state index contributed by atoms with van der Waals surface area (Å²) in [5, 5.41) is 22.7. The Morgan fingerprint density at radius 2 is 1.82 bits per heavy atom. The molecule has 0 aromatic heterocycles. The lowest BCUT2D eigenvalue weighted by Crippen LogP contribution is -2.45. The molecule has 0 spiro atoms. The second-order valence-electron chi connectivity index (χ2n) is 5.62. The number of hydrogen-bond donors (Lipinski definition) is 2. The molecule has 1 saturated carbocycles. The van der Waals surface area contributed by atoms with E-state index in [2.05, 4.69) is 5.32 Å². The zero-order valence-electron chi connectivity index (χ0n) is 11.5. The number of nitro groups is 1. The molecule has 2 aliphatic carbocycles. The smallest absolute Gasteiger partial charge is 0.309 e. The summed E-state index contributed by atoms with van der Waals surface area (Å²) in [5.41, 5.74) is 0.185. The fourth-order valence-corrected chi connectivity index (χ4v) is 3.32. The highest BCUT2D eigenvalue weighted by molar-refractivity contribution is 5.95. The SMILES string of the molecule is O=C(NC1C2C=CC(C2)C1C(=O)O)c1ccc([N+](=O)[O-])cc1. The van der Waals surface area contributed by atoms with Crippen LogP contribution in [0.4, 0.5) is 5.69 Å². The number of nitrogens with one attached hydrogen (secondary N) is 1. The minimum atomic E-state index is -0.911. The van der Waals surface area contributed by atoms with Crippen LogP contribution in [-0.4, -0.2) is 27.9 Å². The van der Waals surface area contributed by atoms with Crippen LogP contribution in [0.5, 0.6) is 0 Å². The number of nitrogens with zero attached hydrogens (tertiary/aromatic N) is 1. The van der Waals surface area contributed by atoms with Gasteiger partial charge in [-0.3, -0.25) is 19.7 Å². The maximum absolute atomic E-state index is 12.2. The predicted octanol–water partition coefficient (Wildman–Crippen LogP) is 1.60. The molecule has 3 rings (SSSR count). The van der Waals surface area contributed by atoms with E-state index in [-0.39, 0.29) is 23.1 Å². The Hall–Kier alpha value is -2.70. The minimum absolute atomic E-state index is 0.0353. The highest BCUT2D eigenvalue weighted by atomic mass is 16.6. The van der Waals surface area contributed by atoms with Gasteiger partial charge in [0.25, 0.3) is 11.6 Å². The summed E-state index contributed by atoms with van der Waals surface area (Å²) in [5.74, 6) is -1.94. The third kappa shape index (κ3) is 2.34. The monoisotopic (exact) mass is 302 g/mol. The second kappa shape index (κ2) is 5.25. The molecule has 114 valence electrons. The molecule has 0 aliphatic heterocycles. The first-order valence-corrected chi connectivity index (χ1v) is 6.94. The first-order valence-electron chi connectivity index (χ1n) is 6.94. The maximum atomic E-state index is 12.2. The Balaban J connectivity index is 1.75. The molecule has 4 atom stereocenters. The van der Waals surface area contributed by atoms with Crippen molar-refractivity contribution < 1.29 is 19.6 Å². The first kappa shape index (κ1) is 14.2. The van der Waals surface area contributed by atoms with Crippen molar-refractivity contribution in [1.29, 1.82) is 0 Å². The average molecular weight is 302 g/mol. The van der Waals surface area contributed by atoms with Crippen molar-refractivity contribution in [2.75, 3.05) is 0 Å². The summed E-state index contributed by atoms with van der Waals surface area (Å²) in [4.78, 5) is 33.7. The van der Waals surface area contributed by atoms with E-state index in [1.807, 2.05) is 12.2 Å². The van der Waals surface area contributed by atoms with Gasteiger partial charge < -0.3 is 10.4 Å². The molecule has 1 fully saturated rings. The van der Waals surface area contributed by atoms with E-state index in [0.29, 0.717) is 0 Å². The molecule has 1 aromatic rings. The summed E-state index contributed by atoms with van der Waals surface area (Å²) in [7, 11) is 0. The Bertz CT molecular complexity index is 667. The number of carboxylic acid groups (broad SMARTS) is 1. The van der Waals surface area contributed by atoms with Gasteiger partial charge in [0.1, 0.15) is 0 Å². The molecule has 0 saturated heterocycles. The fraction of sp³-hybridized carbons (Fsp3) is 0.333. The van der Waals surface area contributed by atoms with Crippen LogP contribution in [0.3, 0.4) is 0 Å². The normalized spacial score (nSPS) is 28.5. The molecule has 2 bridgehead atoms. The predicted molar refractivity (Wildman–Crippen MR) is 76.2 cm³/mol. The molecule has 2 N–H and O–H groups in total. The van der Waals surface area contributed by atoms with Gasteiger partial charge in [0.15, 0.2) is 0 Å². The number of carbonyl (C=O) groups is 2. The van der Waals surface area contributed by atoms with Crippen molar-refractivity contribution in [1.82, 2.24) is 5.32 Å². The van der Waals surface area contributed by atoms with E-state index in [9.17, 15) is 24.8 Å². The second-order valence-corrected chi connectivity index (χ2v) is 5.62. The number of aliphatic carboxylic acids is 1. The highest BCUT2D eigenvalue weighted by Crippen LogP contribution is 2.43. The zero-order valence-corrected chi connectivity index (χ0v) is 11.5. The summed E-state index contributed by atoms with van der Waals surface area (Å²) in [6, 6.07) is 4.81. The van der Waals surface area contributed by atoms with Crippen LogP contribution in [0.15, 0.2) is 36.4 Å². The Labute approximate surface area is 125 Å². The number of allylic oxidation sites excluding steroid dienone is 1. The van der Waals surface area contributed by atoms with Gasteiger partial charge in [-0.15, -0.1) is 0 Å². The fourth-order valence-electron chi connectivity index (χ4n) is 3.32. The molecular weight excluding hydrogens is 288 g/mol. The number of carboxylic acids is 1. The number of non-ortho nitro benzene ring substituents is 1. The Morgan fingerprint density at radius 1 is 1.18 bits per heavy atom. The van der Waals surface area contributed by atoms with Crippen LogP contribution < -0.4 is 5.32 Å². The van der Waals surface area contributed by atoms with E-state index >= 15 is 0 Å². The van der Waals surface area contributed by atoms with E-state index in [1.54, 1.807) is 0 Å². The molecule has 7 nitrogen and oxygen atoms in total. The molecule has 1 aromatic carbocycles. The lowest BCUT2D eigenvalue weighted by molar-refractivity contribution is -0.384. The molecule has 2 aliphatic rings. The molecule has 1 amide bonds. The van der Waals surface area contributed by atoms with Crippen LogP contribution in [0, 0.1) is 27.9 Å². The molecule has 22 heavy (non-hydrogen) atoms. The van der Waals surface area contributed by atoms with Crippen molar-refractivity contribution in [3.8, 4) is 0 Å². The largest absolute Gasteiger partial charge is 0.481 e. The van der Waals surface area contributed by atoms with Crippen LogP contribution >= 0.6 is 0 Å². The van der Waals surface area contributed by atoms with Crippen molar-refractivity contribution in [3.63, 3.8) is 0 Å². The van der Waals surface area contributed by atoms with Gasteiger partial charge in [-0.2, -0.15) is 0 Å². The number of fused-ring (bicyclic) bond motifs is 2. The molecule has 4 unspecified atom stereocenters. The van der Waals surface area contributed by atoms with Gasteiger partial charge in [-0.25, -0.2) is 0 Å². The third-order valence-electron chi connectivity index (χ3n) is 4.38. The number of hydrogen-bond acceptors (Lipinski definition) is 4. The summed E-state index contributed by atoms with van der Waals surface area (Å²) in [6.07, 6.45) is 4.59. The quantitative estimate of drug-likeness (QED) is 0.498. The van der Waals surface area contributed by atoms with Crippen molar-refractivity contribution in [3.05, 3.63) is 52.1 Å². The number of carbonyl (C=O) groups excluding carboxylic acids is 1. The third-order valence-corrected chi connectivity index (χ3v) is 4.38. The lowest BCUT2D eigenvalue weighted by Gasteiger charge is -2.25. The Morgan fingerprint density at radius 3 is 2.41 bits per heavy atom. The number of benzene rings is 1. The highest BCUT2D eigenvalue weighted by Gasteiger charge is 2.48. The first-order chi connectivity index (χ1) is 10.5. The number of amides is 1. The van der Waals surface area contributed by atoms with Gasteiger partial charge in [0.2, 0.25) is 0 Å². The standard InChI is InChI=1S/C15H14N2O5/c18-14(8-3-5-11(6-4-8)17(21)22)16-13-10-2-1-9(7-10)12(13)15(19)20/h1-6,9-10,12-13H,7H2,(H,16,18)(H,19,20). The van der Waals surface area contributed by atoms with Crippen molar-refractivity contribution >= 4 is 17.6 Å². The molecular formula is C15H14N2O5. The summed E-state index contributed by atoms with van der Waals surface area (Å²) >= 11 is 0. The summed E-state index contributed by atoms with van der Waals surface area (Å²) < 4.78 is 0.